The number of carbonyl (C=O) groups is 1. The van der Waals surface area contributed by atoms with Gasteiger partial charge in [-0.2, -0.15) is 0 Å². The van der Waals surface area contributed by atoms with Gasteiger partial charge in [-0.1, -0.05) is 11.6 Å². The molecule has 8 nitrogen and oxygen atoms in total. The molecular formula is C25H31ClN4O4. The summed E-state index contributed by atoms with van der Waals surface area (Å²) in [5.41, 5.74) is 3.48. The van der Waals surface area contributed by atoms with Crippen LogP contribution in [0.4, 0.5) is 10.5 Å². The first-order valence-corrected chi connectivity index (χ1v) is 11.7. The number of aliphatic hydroxyl groups is 1. The predicted molar refractivity (Wildman–Crippen MR) is 133 cm³/mol. The molecule has 0 radical (unpaired) electrons. The van der Waals surface area contributed by atoms with Crippen molar-refractivity contribution in [1.82, 2.24) is 14.3 Å². The lowest BCUT2D eigenvalue weighted by atomic mass is 10.1. The van der Waals surface area contributed by atoms with E-state index in [1.807, 2.05) is 49.7 Å². The number of ether oxygens (including phenoxy) is 2. The van der Waals surface area contributed by atoms with Crippen LogP contribution in [-0.2, 0) is 11.3 Å². The van der Waals surface area contributed by atoms with Crippen LogP contribution < -0.4 is 9.64 Å². The van der Waals surface area contributed by atoms with Crippen molar-refractivity contribution in [3.63, 3.8) is 0 Å². The van der Waals surface area contributed by atoms with Gasteiger partial charge >= 0.3 is 6.09 Å². The summed E-state index contributed by atoms with van der Waals surface area (Å²) in [6, 6.07) is 7.71. The molecule has 4 rings (SSSR count). The van der Waals surface area contributed by atoms with Gasteiger partial charge in [0.15, 0.2) is 0 Å². The van der Waals surface area contributed by atoms with Gasteiger partial charge in [0.1, 0.15) is 17.0 Å². The summed E-state index contributed by atoms with van der Waals surface area (Å²) in [6.07, 6.45) is 3.61. The topological polar surface area (TPSA) is 79.5 Å². The molecule has 1 N–H and O–H groups in total. The minimum absolute atomic E-state index is 0.125. The second-order valence-electron chi connectivity index (χ2n) is 9.55. The van der Waals surface area contributed by atoms with Crippen LogP contribution in [0.25, 0.3) is 16.9 Å². The SMILES string of the molecule is COc1cc(CO)c(-c2cn3ccc(N4CCN(C(=O)OC(C)(C)C)CC4C)cc3n2)cc1Cl. The van der Waals surface area contributed by atoms with Crippen molar-refractivity contribution in [3.05, 3.63) is 47.2 Å². The Kier molecular flexibility index (Phi) is 6.64. The van der Waals surface area contributed by atoms with Crippen LogP contribution in [0.1, 0.15) is 33.3 Å². The molecule has 1 aliphatic heterocycles. The zero-order valence-corrected chi connectivity index (χ0v) is 21.0. The zero-order valence-electron chi connectivity index (χ0n) is 20.2. The Morgan fingerprint density at radius 1 is 1.26 bits per heavy atom. The van der Waals surface area contributed by atoms with E-state index in [0.29, 0.717) is 41.7 Å². The number of halogens is 1. The molecule has 1 aromatic carbocycles. The summed E-state index contributed by atoms with van der Waals surface area (Å²) in [5, 5.41) is 10.3. The largest absolute Gasteiger partial charge is 0.495 e. The summed E-state index contributed by atoms with van der Waals surface area (Å²) >= 11 is 6.33. The monoisotopic (exact) mass is 486 g/mol. The Bertz CT molecular complexity index is 1200. The van der Waals surface area contributed by atoms with E-state index in [2.05, 4.69) is 11.8 Å². The van der Waals surface area contributed by atoms with Gasteiger partial charge in [-0.25, -0.2) is 9.78 Å². The van der Waals surface area contributed by atoms with Crippen molar-refractivity contribution in [1.29, 1.82) is 0 Å². The van der Waals surface area contributed by atoms with Crippen molar-refractivity contribution in [2.45, 2.75) is 45.9 Å². The van der Waals surface area contributed by atoms with Crippen molar-refractivity contribution in [2.75, 3.05) is 31.6 Å². The first-order valence-electron chi connectivity index (χ1n) is 11.3. The van der Waals surface area contributed by atoms with E-state index >= 15 is 0 Å². The normalized spacial score (nSPS) is 16.7. The lowest BCUT2D eigenvalue weighted by Gasteiger charge is -2.41. The minimum atomic E-state index is -0.509. The van der Waals surface area contributed by atoms with Gasteiger partial charge in [-0.15, -0.1) is 0 Å². The molecule has 1 saturated heterocycles. The number of fused-ring (bicyclic) bond motifs is 1. The van der Waals surface area contributed by atoms with Crippen molar-refractivity contribution < 1.29 is 19.4 Å². The number of imidazole rings is 1. The molecule has 1 fully saturated rings. The minimum Gasteiger partial charge on any atom is -0.495 e. The quantitative estimate of drug-likeness (QED) is 0.580. The van der Waals surface area contributed by atoms with Crippen molar-refractivity contribution in [2.24, 2.45) is 0 Å². The van der Waals surface area contributed by atoms with Crippen molar-refractivity contribution in [3.8, 4) is 17.0 Å². The maximum absolute atomic E-state index is 12.5. The Balaban J connectivity index is 1.57. The van der Waals surface area contributed by atoms with Gasteiger partial charge in [-0.05, 0) is 51.5 Å². The molecule has 3 aromatic rings. The number of carbonyl (C=O) groups excluding carboxylic acids is 1. The Hall–Kier alpha value is -2.97. The third kappa shape index (κ3) is 4.93. The fourth-order valence-corrected chi connectivity index (χ4v) is 4.48. The number of hydrogen-bond acceptors (Lipinski definition) is 6. The molecule has 0 aliphatic carbocycles. The first-order chi connectivity index (χ1) is 16.1. The summed E-state index contributed by atoms with van der Waals surface area (Å²) in [4.78, 5) is 21.3. The highest BCUT2D eigenvalue weighted by atomic mass is 35.5. The number of aromatic nitrogens is 2. The van der Waals surface area contributed by atoms with E-state index in [4.69, 9.17) is 26.1 Å². The number of aliphatic hydroxyl groups excluding tert-OH is 1. The number of anilines is 1. The Morgan fingerprint density at radius 2 is 2.03 bits per heavy atom. The summed E-state index contributed by atoms with van der Waals surface area (Å²) in [6.45, 7) is 9.46. The summed E-state index contributed by atoms with van der Waals surface area (Å²) in [7, 11) is 1.54. The number of amides is 1. The van der Waals surface area contributed by atoms with E-state index in [1.165, 1.54) is 0 Å². The Labute approximate surface area is 204 Å². The molecule has 3 heterocycles. The first kappa shape index (κ1) is 24.2. The highest BCUT2D eigenvalue weighted by Gasteiger charge is 2.30. The number of piperazine rings is 1. The Morgan fingerprint density at radius 3 is 2.68 bits per heavy atom. The molecule has 1 unspecified atom stereocenters. The van der Waals surface area contributed by atoms with Gasteiger partial charge in [0.05, 0.1) is 24.4 Å². The van der Waals surface area contributed by atoms with Crippen LogP contribution in [0.3, 0.4) is 0 Å². The van der Waals surface area contributed by atoms with Gasteiger partial charge in [0.25, 0.3) is 0 Å². The third-order valence-corrected chi connectivity index (χ3v) is 6.17. The summed E-state index contributed by atoms with van der Waals surface area (Å²) < 4.78 is 12.7. The number of rotatable bonds is 4. The molecule has 2 aromatic heterocycles. The molecule has 1 aliphatic rings. The number of pyridine rings is 1. The molecule has 9 heteroatoms. The maximum atomic E-state index is 12.5. The molecule has 1 atom stereocenters. The molecular weight excluding hydrogens is 456 g/mol. The lowest BCUT2D eigenvalue weighted by molar-refractivity contribution is 0.0219. The number of benzene rings is 1. The average molecular weight is 487 g/mol. The highest BCUT2D eigenvalue weighted by molar-refractivity contribution is 6.32. The van der Waals surface area contributed by atoms with E-state index in [-0.39, 0.29) is 18.7 Å². The lowest BCUT2D eigenvalue weighted by Crippen LogP contribution is -2.54. The summed E-state index contributed by atoms with van der Waals surface area (Å²) in [5.74, 6) is 0.514. The van der Waals surface area contributed by atoms with E-state index < -0.39 is 5.60 Å². The second-order valence-corrected chi connectivity index (χ2v) is 9.95. The fraction of sp³-hybridized carbons (Fsp3) is 0.440. The van der Waals surface area contributed by atoms with Crippen LogP contribution in [-0.4, -0.2) is 63.9 Å². The molecule has 1 amide bonds. The number of hydrogen-bond donors (Lipinski definition) is 1. The molecule has 182 valence electrons. The third-order valence-electron chi connectivity index (χ3n) is 5.88. The standard InChI is InChI=1S/C25H31ClN4O4/c1-16-13-29(24(32)34-25(2,3)4)8-9-30(16)18-6-7-28-14-21(27-23(28)11-18)19-12-20(26)22(33-5)10-17(19)15-31/h6-7,10-12,14,16,31H,8-9,13,15H2,1-5H3. The number of methoxy groups -OCH3 is 1. The fourth-order valence-electron chi connectivity index (χ4n) is 4.23. The van der Waals surface area contributed by atoms with Gasteiger partial charge in [0, 0.05) is 55.4 Å². The smallest absolute Gasteiger partial charge is 0.410 e. The molecule has 0 bridgehead atoms. The van der Waals surface area contributed by atoms with Gasteiger partial charge in [0.2, 0.25) is 0 Å². The predicted octanol–water partition coefficient (Wildman–Crippen LogP) is 4.60. The van der Waals surface area contributed by atoms with Crippen molar-refractivity contribution >= 4 is 29.0 Å². The van der Waals surface area contributed by atoms with Gasteiger partial charge in [-0.3, -0.25) is 0 Å². The van der Waals surface area contributed by atoms with Crippen LogP contribution in [0.15, 0.2) is 36.7 Å². The van der Waals surface area contributed by atoms with Crippen LogP contribution in [0.5, 0.6) is 5.75 Å². The van der Waals surface area contributed by atoms with Crippen LogP contribution in [0, 0.1) is 0 Å². The van der Waals surface area contributed by atoms with E-state index in [1.54, 1.807) is 24.1 Å². The van der Waals surface area contributed by atoms with E-state index in [0.717, 1.165) is 16.9 Å². The number of nitrogens with zero attached hydrogens (tertiary/aromatic N) is 4. The zero-order chi connectivity index (χ0) is 24.6. The van der Waals surface area contributed by atoms with E-state index in [9.17, 15) is 9.90 Å². The average Bonchev–Trinajstić information content (AvgIpc) is 3.21. The van der Waals surface area contributed by atoms with Crippen LogP contribution >= 0.6 is 11.6 Å². The molecule has 34 heavy (non-hydrogen) atoms. The second kappa shape index (κ2) is 9.35. The maximum Gasteiger partial charge on any atom is 0.410 e. The molecule has 0 spiro atoms. The highest BCUT2D eigenvalue weighted by Crippen LogP contribution is 2.34. The van der Waals surface area contributed by atoms with Gasteiger partial charge < -0.3 is 28.8 Å². The van der Waals surface area contributed by atoms with Crippen LogP contribution in [0.2, 0.25) is 5.02 Å². The molecule has 0 saturated carbocycles.